The van der Waals surface area contributed by atoms with Gasteiger partial charge in [-0.05, 0) is 87.0 Å². The summed E-state index contributed by atoms with van der Waals surface area (Å²) in [7, 11) is -4.05. The van der Waals surface area contributed by atoms with E-state index in [2.05, 4.69) is 22.1 Å². The number of carbonyl (C=O) groups is 2. The van der Waals surface area contributed by atoms with Crippen molar-refractivity contribution in [1.82, 2.24) is 15.4 Å². The predicted molar refractivity (Wildman–Crippen MR) is 174 cm³/mol. The van der Waals surface area contributed by atoms with E-state index >= 15 is 0 Å². The van der Waals surface area contributed by atoms with Crippen LogP contribution < -0.4 is 10.0 Å². The van der Waals surface area contributed by atoms with Gasteiger partial charge >= 0.3 is 0 Å². The van der Waals surface area contributed by atoms with Crippen molar-refractivity contribution in [3.63, 3.8) is 0 Å². The smallest absolute Gasteiger partial charge is 0.263 e. The zero-order chi connectivity index (χ0) is 32.3. The summed E-state index contributed by atoms with van der Waals surface area (Å²) in [6.07, 6.45) is 8.62. The second-order valence-corrected chi connectivity index (χ2v) is 15.4. The van der Waals surface area contributed by atoms with Crippen LogP contribution in [0.3, 0.4) is 0 Å². The number of rotatable bonds is 12. The van der Waals surface area contributed by atoms with Crippen molar-refractivity contribution in [3.05, 3.63) is 64.9 Å². The third-order valence-electron chi connectivity index (χ3n) is 10.1. The van der Waals surface area contributed by atoms with E-state index < -0.39 is 15.6 Å². The van der Waals surface area contributed by atoms with Crippen LogP contribution in [0.4, 0.5) is 5.82 Å². The highest BCUT2D eigenvalue weighted by Crippen LogP contribution is 2.67. The van der Waals surface area contributed by atoms with Gasteiger partial charge in [-0.3, -0.25) is 24.2 Å². The number of hydrogen-bond acceptors (Lipinski definition) is 7. The van der Waals surface area contributed by atoms with Crippen LogP contribution in [0, 0.1) is 25.2 Å². The van der Waals surface area contributed by atoms with Crippen molar-refractivity contribution in [2.45, 2.75) is 102 Å². The van der Waals surface area contributed by atoms with E-state index in [0.29, 0.717) is 34.4 Å². The number of benzene rings is 2. The van der Waals surface area contributed by atoms with Crippen LogP contribution in [0.15, 0.2) is 56.9 Å². The summed E-state index contributed by atoms with van der Waals surface area (Å²) in [5.41, 5.74) is 3.23. The van der Waals surface area contributed by atoms with Gasteiger partial charge in [0.05, 0.1) is 11.4 Å². The van der Waals surface area contributed by atoms with E-state index in [1.807, 2.05) is 23.1 Å². The SMILES string of the molecule is CCCCC1=NC2(CC3(CC3)C2)C(=O)N1Cc1ccc(-c2ccccc2S(=O)(=O)Nc2noc(C)c2C)c(CNC(=O)C2CC2)c1. The van der Waals surface area contributed by atoms with E-state index in [0.717, 1.165) is 61.9 Å². The first-order valence-corrected chi connectivity index (χ1v) is 17.9. The van der Waals surface area contributed by atoms with Crippen LogP contribution in [0.2, 0.25) is 0 Å². The Morgan fingerprint density at radius 3 is 2.52 bits per heavy atom. The lowest BCUT2D eigenvalue weighted by Crippen LogP contribution is -2.51. The monoisotopic (exact) mass is 643 g/mol. The number of aliphatic imine (C=N–C) groups is 1. The molecule has 3 aromatic rings. The summed E-state index contributed by atoms with van der Waals surface area (Å²) < 4.78 is 35.2. The molecule has 2 aromatic carbocycles. The zero-order valence-electron chi connectivity index (χ0n) is 26.7. The molecule has 2 heterocycles. The molecule has 4 aliphatic rings. The molecule has 3 fully saturated rings. The lowest BCUT2D eigenvalue weighted by atomic mass is 9.65. The number of nitrogens with zero attached hydrogens (tertiary/aromatic N) is 3. The van der Waals surface area contributed by atoms with Crippen molar-refractivity contribution >= 4 is 33.5 Å². The average molecular weight is 644 g/mol. The van der Waals surface area contributed by atoms with Gasteiger partial charge in [0.2, 0.25) is 5.91 Å². The number of amidine groups is 1. The third kappa shape index (κ3) is 5.63. The van der Waals surface area contributed by atoms with Crippen molar-refractivity contribution in [1.29, 1.82) is 0 Å². The molecule has 242 valence electrons. The normalized spacial score (nSPS) is 19.3. The molecule has 0 atom stereocenters. The quantitative estimate of drug-likeness (QED) is 0.248. The van der Waals surface area contributed by atoms with Crippen LogP contribution in [-0.2, 0) is 32.7 Å². The fourth-order valence-corrected chi connectivity index (χ4v) is 8.27. The van der Waals surface area contributed by atoms with Crippen molar-refractivity contribution in [3.8, 4) is 11.1 Å². The number of aryl methyl sites for hydroxylation is 1. The number of carbonyl (C=O) groups excluding carboxylic acids is 2. The molecule has 7 rings (SSSR count). The average Bonchev–Trinajstić information content (AvgIpc) is 3.96. The van der Waals surface area contributed by atoms with Gasteiger partial charge in [-0.2, -0.15) is 0 Å². The summed E-state index contributed by atoms with van der Waals surface area (Å²) in [6, 6.07) is 12.6. The number of amides is 2. The molecule has 0 unspecified atom stereocenters. The Hall–Kier alpha value is -3.99. The highest BCUT2D eigenvalue weighted by molar-refractivity contribution is 7.92. The Balaban J connectivity index is 1.21. The van der Waals surface area contributed by atoms with Gasteiger partial charge in [-0.1, -0.05) is 54.9 Å². The number of anilines is 1. The van der Waals surface area contributed by atoms with E-state index in [1.54, 1.807) is 38.1 Å². The lowest BCUT2D eigenvalue weighted by molar-refractivity contribution is -0.137. The minimum Gasteiger partial charge on any atom is -0.359 e. The number of sulfonamides is 1. The molecule has 0 bridgehead atoms. The Labute approximate surface area is 270 Å². The van der Waals surface area contributed by atoms with Crippen molar-refractivity contribution in [2.75, 3.05) is 4.72 Å². The Bertz CT molecular complexity index is 1850. The van der Waals surface area contributed by atoms with Crippen LogP contribution in [-0.4, -0.2) is 41.7 Å². The number of nitrogens with one attached hydrogen (secondary N) is 2. The highest BCUT2D eigenvalue weighted by atomic mass is 32.2. The Morgan fingerprint density at radius 1 is 1.09 bits per heavy atom. The standard InChI is InChI=1S/C35H41N5O5S/c1-4-5-10-30-37-35(20-34(21-35)15-16-34)33(42)40(30)19-24-11-14-27(26(17-24)18-36-32(41)25-12-13-25)28-8-6-7-9-29(28)46(43,44)39-31-22(2)23(3)45-38-31/h6-9,11,14,17,25H,4-5,10,12-13,15-16,18-21H2,1-3H3,(H,36,41)(H,38,39). The zero-order valence-corrected chi connectivity index (χ0v) is 27.5. The lowest BCUT2D eigenvalue weighted by Gasteiger charge is -2.42. The van der Waals surface area contributed by atoms with Crippen LogP contribution >= 0.6 is 0 Å². The molecule has 2 amide bonds. The van der Waals surface area contributed by atoms with Gasteiger partial charge in [-0.15, -0.1) is 0 Å². The van der Waals surface area contributed by atoms with Gasteiger partial charge in [0.25, 0.3) is 15.9 Å². The summed E-state index contributed by atoms with van der Waals surface area (Å²) in [5.74, 6) is 1.68. The molecule has 1 aromatic heterocycles. The Kier molecular flexibility index (Phi) is 7.57. The summed E-state index contributed by atoms with van der Waals surface area (Å²) in [5, 5.41) is 6.95. The molecule has 1 aliphatic heterocycles. The maximum absolute atomic E-state index is 13.9. The predicted octanol–water partition coefficient (Wildman–Crippen LogP) is 6.03. The molecular weight excluding hydrogens is 602 g/mol. The minimum atomic E-state index is -4.05. The molecule has 0 radical (unpaired) electrons. The largest absolute Gasteiger partial charge is 0.359 e. The van der Waals surface area contributed by atoms with Gasteiger partial charge in [0.1, 0.15) is 17.1 Å². The fraction of sp³-hybridized carbons (Fsp3) is 0.486. The van der Waals surface area contributed by atoms with Crippen LogP contribution in [0.5, 0.6) is 0 Å². The molecule has 10 nitrogen and oxygen atoms in total. The Morgan fingerprint density at radius 2 is 1.85 bits per heavy atom. The van der Waals surface area contributed by atoms with E-state index in [1.165, 1.54) is 12.8 Å². The van der Waals surface area contributed by atoms with Crippen molar-refractivity contribution in [2.24, 2.45) is 16.3 Å². The first kappa shape index (κ1) is 30.7. The molecule has 2 N–H and O–H groups in total. The first-order valence-electron chi connectivity index (χ1n) is 16.4. The summed E-state index contributed by atoms with van der Waals surface area (Å²) in [4.78, 5) is 33.6. The number of hydrogen-bond donors (Lipinski definition) is 2. The topological polar surface area (TPSA) is 134 Å². The maximum atomic E-state index is 13.9. The van der Waals surface area contributed by atoms with Crippen molar-refractivity contribution < 1.29 is 22.5 Å². The van der Waals surface area contributed by atoms with Gasteiger partial charge in [0.15, 0.2) is 5.82 Å². The maximum Gasteiger partial charge on any atom is 0.263 e. The highest BCUT2D eigenvalue weighted by Gasteiger charge is 2.67. The van der Waals surface area contributed by atoms with Crippen LogP contribution in [0.1, 0.15) is 87.2 Å². The van der Waals surface area contributed by atoms with Gasteiger partial charge < -0.3 is 9.84 Å². The van der Waals surface area contributed by atoms with Gasteiger partial charge in [0, 0.05) is 30.0 Å². The summed E-state index contributed by atoms with van der Waals surface area (Å²) in [6.45, 7) is 6.23. The first-order chi connectivity index (χ1) is 22.0. The molecule has 3 aliphatic carbocycles. The fourth-order valence-electron chi connectivity index (χ4n) is 6.99. The van der Waals surface area contributed by atoms with Crippen LogP contribution in [0.25, 0.3) is 11.1 Å². The minimum absolute atomic E-state index is 0.000407. The van der Waals surface area contributed by atoms with E-state index in [-0.39, 0.29) is 35.0 Å². The molecule has 2 spiro atoms. The molecule has 46 heavy (non-hydrogen) atoms. The molecule has 3 saturated carbocycles. The van der Waals surface area contributed by atoms with E-state index in [4.69, 9.17) is 9.52 Å². The van der Waals surface area contributed by atoms with E-state index in [9.17, 15) is 18.0 Å². The molecule has 0 saturated heterocycles. The second-order valence-electron chi connectivity index (χ2n) is 13.7. The molecule has 11 heteroatoms. The number of unbranched alkanes of at least 4 members (excludes halogenated alkanes) is 1. The number of aromatic nitrogens is 1. The third-order valence-corrected chi connectivity index (χ3v) is 11.5. The molecular formula is C35H41N5O5S. The summed E-state index contributed by atoms with van der Waals surface area (Å²) >= 11 is 0. The van der Waals surface area contributed by atoms with Gasteiger partial charge in [-0.25, -0.2) is 8.42 Å². The second kappa shape index (κ2) is 11.4.